The number of amides is 1. The van der Waals surface area contributed by atoms with E-state index in [4.69, 9.17) is 11.6 Å². The molecule has 0 fully saturated rings. The van der Waals surface area contributed by atoms with Crippen LogP contribution in [0.2, 0.25) is 5.02 Å². The molecule has 6 heteroatoms. The zero-order chi connectivity index (χ0) is 17.1. The van der Waals surface area contributed by atoms with Gasteiger partial charge in [0.1, 0.15) is 6.54 Å². The number of aliphatic carboxylic acids is 1. The van der Waals surface area contributed by atoms with Gasteiger partial charge in [0.25, 0.3) is 0 Å². The first-order valence-electron chi connectivity index (χ1n) is 7.37. The highest BCUT2D eigenvalue weighted by atomic mass is 35.5. The van der Waals surface area contributed by atoms with Crippen molar-refractivity contribution >= 4 is 34.4 Å². The van der Waals surface area contributed by atoms with Crippen molar-refractivity contribution in [1.29, 1.82) is 0 Å². The standard InChI is InChI=1S/C18H15ClN2O3/c19-14-7-4-8-15-13(14)9-10-21(15)11-16(22)20-17(18(23)24)12-5-2-1-3-6-12/h1-10,17H,11H2,(H,20,22)(H,23,24)/t17-/m0/s1. The Morgan fingerprint density at radius 3 is 2.54 bits per heavy atom. The van der Waals surface area contributed by atoms with Crippen molar-refractivity contribution in [3.63, 3.8) is 0 Å². The molecule has 0 saturated carbocycles. The minimum Gasteiger partial charge on any atom is -0.479 e. The minimum atomic E-state index is -1.10. The van der Waals surface area contributed by atoms with Crippen LogP contribution in [-0.2, 0) is 16.1 Å². The molecule has 0 aliphatic heterocycles. The Kier molecular flexibility index (Phi) is 4.53. The van der Waals surface area contributed by atoms with Crippen LogP contribution < -0.4 is 5.32 Å². The van der Waals surface area contributed by atoms with Crippen molar-refractivity contribution in [1.82, 2.24) is 9.88 Å². The highest BCUT2D eigenvalue weighted by Crippen LogP contribution is 2.24. The summed E-state index contributed by atoms with van der Waals surface area (Å²) in [6, 6.07) is 14.8. The van der Waals surface area contributed by atoms with Crippen LogP contribution in [-0.4, -0.2) is 21.6 Å². The molecule has 0 unspecified atom stereocenters. The van der Waals surface area contributed by atoms with Gasteiger partial charge in [0.2, 0.25) is 5.91 Å². The second kappa shape index (κ2) is 6.76. The zero-order valence-corrected chi connectivity index (χ0v) is 13.4. The molecule has 1 heterocycles. The smallest absolute Gasteiger partial charge is 0.330 e. The summed E-state index contributed by atoms with van der Waals surface area (Å²) in [7, 11) is 0. The summed E-state index contributed by atoms with van der Waals surface area (Å²) < 4.78 is 1.74. The molecule has 2 aromatic carbocycles. The van der Waals surface area contributed by atoms with E-state index in [0.717, 1.165) is 10.9 Å². The lowest BCUT2D eigenvalue weighted by molar-refractivity contribution is -0.142. The maximum atomic E-state index is 12.3. The second-order valence-corrected chi connectivity index (χ2v) is 5.77. The van der Waals surface area contributed by atoms with E-state index < -0.39 is 12.0 Å². The number of rotatable bonds is 5. The number of nitrogens with zero attached hydrogens (tertiary/aromatic N) is 1. The molecule has 3 aromatic rings. The number of carbonyl (C=O) groups is 2. The Morgan fingerprint density at radius 1 is 1.08 bits per heavy atom. The molecule has 0 saturated heterocycles. The quantitative estimate of drug-likeness (QED) is 0.747. The predicted octanol–water partition coefficient (Wildman–Crippen LogP) is 3.24. The topological polar surface area (TPSA) is 71.3 Å². The molecular formula is C18H15ClN2O3. The number of halogens is 1. The van der Waals surface area contributed by atoms with Gasteiger partial charge in [0.15, 0.2) is 6.04 Å². The first-order valence-corrected chi connectivity index (χ1v) is 7.74. The number of hydrogen-bond acceptors (Lipinski definition) is 2. The van der Waals surface area contributed by atoms with Crippen LogP contribution >= 0.6 is 11.6 Å². The lowest BCUT2D eigenvalue weighted by Crippen LogP contribution is -2.35. The van der Waals surface area contributed by atoms with Gasteiger partial charge in [-0.05, 0) is 23.8 Å². The molecule has 0 radical (unpaired) electrons. The van der Waals surface area contributed by atoms with Crippen LogP contribution in [0, 0.1) is 0 Å². The zero-order valence-electron chi connectivity index (χ0n) is 12.6. The van der Waals surface area contributed by atoms with Crippen molar-refractivity contribution in [2.24, 2.45) is 0 Å². The van der Waals surface area contributed by atoms with Gasteiger partial charge < -0.3 is 15.0 Å². The fourth-order valence-corrected chi connectivity index (χ4v) is 2.85. The highest BCUT2D eigenvalue weighted by molar-refractivity contribution is 6.35. The maximum absolute atomic E-state index is 12.3. The molecule has 1 amide bonds. The SMILES string of the molecule is O=C(Cn1ccc2c(Cl)cccc21)N[C@H](C(=O)O)c1ccccc1. The van der Waals surface area contributed by atoms with E-state index in [1.807, 2.05) is 18.2 Å². The lowest BCUT2D eigenvalue weighted by atomic mass is 10.1. The van der Waals surface area contributed by atoms with E-state index in [9.17, 15) is 14.7 Å². The molecule has 2 N–H and O–H groups in total. The van der Waals surface area contributed by atoms with E-state index in [1.165, 1.54) is 0 Å². The van der Waals surface area contributed by atoms with Gasteiger partial charge in [-0.2, -0.15) is 0 Å². The number of nitrogens with one attached hydrogen (secondary N) is 1. The first kappa shape index (κ1) is 16.1. The Balaban J connectivity index is 1.79. The molecule has 1 aromatic heterocycles. The first-order chi connectivity index (χ1) is 11.6. The van der Waals surface area contributed by atoms with Crippen molar-refractivity contribution in [3.8, 4) is 0 Å². The average molecular weight is 343 g/mol. The summed E-state index contributed by atoms with van der Waals surface area (Å²) in [6.45, 7) is 0.0143. The van der Waals surface area contributed by atoms with Gasteiger partial charge in [-0.3, -0.25) is 4.79 Å². The van der Waals surface area contributed by atoms with Crippen molar-refractivity contribution < 1.29 is 14.7 Å². The molecule has 24 heavy (non-hydrogen) atoms. The van der Waals surface area contributed by atoms with E-state index in [2.05, 4.69) is 5.32 Å². The van der Waals surface area contributed by atoms with Crippen LogP contribution in [0.25, 0.3) is 10.9 Å². The van der Waals surface area contributed by atoms with Crippen LogP contribution in [0.1, 0.15) is 11.6 Å². The molecule has 0 spiro atoms. The van der Waals surface area contributed by atoms with Crippen LogP contribution in [0.15, 0.2) is 60.8 Å². The Hall–Kier alpha value is -2.79. The molecule has 0 bridgehead atoms. The number of aromatic nitrogens is 1. The van der Waals surface area contributed by atoms with Crippen LogP contribution in [0.3, 0.4) is 0 Å². The molecule has 0 aliphatic carbocycles. The third-order valence-corrected chi connectivity index (χ3v) is 4.09. The summed E-state index contributed by atoms with van der Waals surface area (Å²) in [5.41, 5.74) is 1.35. The molecule has 1 atom stereocenters. The lowest BCUT2D eigenvalue weighted by Gasteiger charge is -2.15. The van der Waals surface area contributed by atoms with Crippen molar-refractivity contribution in [2.75, 3.05) is 0 Å². The molecular weight excluding hydrogens is 328 g/mol. The summed E-state index contributed by atoms with van der Waals surface area (Å²) >= 11 is 6.12. The number of benzene rings is 2. The number of carbonyl (C=O) groups excluding carboxylic acids is 1. The third kappa shape index (κ3) is 3.26. The second-order valence-electron chi connectivity index (χ2n) is 5.37. The van der Waals surface area contributed by atoms with Gasteiger partial charge in [-0.25, -0.2) is 4.79 Å². The number of fused-ring (bicyclic) bond motifs is 1. The minimum absolute atomic E-state index is 0.0143. The number of hydrogen-bond donors (Lipinski definition) is 2. The van der Waals surface area contributed by atoms with E-state index in [0.29, 0.717) is 10.6 Å². The van der Waals surface area contributed by atoms with Gasteiger partial charge in [-0.15, -0.1) is 0 Å². The maximum Gasteiger partial charge on any atom is 0.330 e. The highest BCUT2D eigenvalue weighted by Gasteiger charge is 2.22. The van der Waals surface area contributed by atoms with Gasteiger partial charge in [0.05, 0.1) is 0 Å². The molecule has 5 nitrogen and oxygen atoms in total. The Bertz CT molecular complexity index is 890. The van der Waals surface area contributed by atoms with Crippen LogP contribution in [0.5, 0.6) is 0 Å². The van der Waals surface area contributed by atoms with Crippen molar-refractivity contribution in [3.05, 3.63) is 71.4 Å². The summed E-state index contributed by atoms with van der Waals surface area (Å²) in [5, 5.41) is 13.4. The number of carboxylic acid groups (broad SMARTS) is 1. The molecule has 122 valence electrons. The molecule has 0 aliphatic rings. The normalized spacial score (nSPS) is 12.0. The Labute approximate surface area is 143 Å². The van der Waals surface area contributed by atoms with Gasteiger partial charge in [-0.1, -0.05) is 48.0 Å². The fourth-order valence-electron chi connectivity index (χ4n) is 2.62. The predicted molar refractivity (Wildman–Crippen MR) is 91.9 cm³/mol. The van der Waals surface area contributed by atoms with E-state index in [-0.39, 0.29) is 12.5 Å². The van der Waals surface area contributed by atoms with Crippen LogP contribution in [0.4, 0.5) is 0 Å². The van der Waals surface area contributed by atoms with E-state index >= 15 is 0 Å². The molecule has 3 rings (SSSR count). The fraction of sp³-hybridized carbons (Fsp3) is 0.111. The average Bonchev–Trinajstić information content (AvgIpc) is 2.97. The number of carboxylic acids is 1. The van der Waals surface area contributed by atoms with Gasteiger partial charge >= 0.3 is 5.97 Å². The van der Waals surface area contributed by atoms with Crippen molar-refractivity contribution in [2.45, 2.75) is 12.6 Å². The Morgan fingerprint density at radius 2 is 1.83 bits per heavy atom. The summed E-state index contributed by atoms with van der Waals surface area (Å²) in [6.07, 6.45) is 1.76. The monoisotopic (exact) mass is 342 g/mol. The summed E-state index contributed by atoms with van der Waals surface area (Å²) in [4.78, 5) is 23.8. The van der Waals surface area contributed by atoms with Gasteiger partial charge in [0, 0.05) is 22.1 Å². The third-order valence-electron chi connectivity index (χ3n) is 3.76. The van der Waals surface area contributed by atoms with E-state index in [1.54, 1.807) is 47.2 Å². The largest absolute Gasteiger partial charge is 0.479 e. The summed E-state index contributed by atoms with van der Waals surface area (Å²) in [5.74, 6) is -1.49.